The summed E-state index contributed by atoms with van der Waals surface area (Å²) in [6.07, 6.45) is 0. The molecule has 1 N–H and O–H groups in total. The van der Waals surface area contributed by atoms with Gasteiger partial charge in [-0.1, -0.05) is 25.4 Å². The highest BCUT2D eigenvalue weighted by Gasteiger charge is 2.26. The standard InChI is InChI=1S/C15H21ClN2O2/c1-5-18(4)15(20)13(10(2)3)17-14(19)11-6-8-12(16)9-7-11/h6-10,13H,5H2,1-4H3,(H,17,19). The third-order valence-electron chi connectivity index (χ3n) is 3.18. The van der Waals surface area contributed by atoms with Crippen molar-refractivity contribution in [3.8, 4) is 0 Å². The topological polar surface area (TPSA) is 49.4 Å². The van der Waals surface area contributed by atoms with Crippen LogP contribution in [0.4, 0.5) is 0 Å². The Morgan fingerprint density at radius 2 is 1.80 bits per heavy atom. The molecule has 0 aliphatic carbocycles. The molecule has 0 heterocycles. The molecule has 0 aliphatic rings. The van der Waals surface area contributed by atoms with Crippen molar-refractivity contribution in [3.63, 3.8) is 0 Å². The van der Waals surface area contributed by atoms with Crippen LogP contribution in [0.5, 0.6) is 0 Å². The van der Waals surface area contributed by atoms with Crippen LogP contribution < -0.4 is 5.32 Å². The first kappa shape index (κ1) is 16.5. The summed E-state index contributed by atoms with van der Waals surface area (Å²) >= 11 is 5.79. The van der Waals surface area contributed by atoms with Crippen molar-refractivity contribution in [3.05, 3.63) is 34.9 Å². The molecule has 0 radical (unpaired) electrons. The van der Waals surface area contributed by atoms with Crippen molar-refractivity contribution in [2.75, 3.05) is 13.6 Å². The molecule has 1 unspecified atom stereocenters. The smallest absolute Gasteiger partial charge is 0.251 e. The van der Waals surface area contributed by atoms with E-state index in [2.05, 4.69) is 5.32 Å². The largest absolute Gasteiger partial charge is 0.344 e. The fourth-order valence-electron chi connectivity index (χ4n) is 1.73. The zero-order chi connectivity index (χ0) is 15.3. The van der Waals surface area contributed by atoms with Gasteiger partial charge in [0.15, 0.2) is 0 Å². The molecule has 1 aromatic carbocycles. The Labute approximate surface area is 125 Å². The quantitative estimate of drug-likeness (QED) is 0.908. The molecule has 110 valence electrons. The second-order valence-electron chi connectivity index (χ2n) is 5.05. The van der Waals surface area contributed by atoms with E-state index in [-0.39, 0.29) is 17.7 Å². The van der Waals surface area contributed by atoms with Crippen molar-refractivity contribution < 1.29 is 9.59 Å². The average molecular weight is 297 g/mol. The van der Waals surface area contributed by atoms with Crippen LogP contribution in [-0.2, 0) is 4.79 Å². The fraction of sp³-hybridized carbons (Fsp3) is 0.467. The Kier molecular flexibility index (Phi) is 6.02. The number of nitrogens with one attached hydrogen (secondary N) is 1. The van der Waals surface area contributed by atoms with Gasteiger partial charge in [0.2, 0.25) is 5.91 Å². The maximum Gasteiger partial charge on any atom is 0.251 e. The molecular formula is C15H21ClN2O2. The van der Waals surface area contributed by atoms with Gasteiger partial charge in [-0.3, -0.25) is 9.59 Å². The summed E-state index contributed by atoms with van der Waals surface area (Å²) in [5.41, 5.74) is 0.493. The van der Waals surface area contributed by atoms with Crippen LogP contribution in [0.2, 0.25) is 5.02 Å². The number of nitrogens with zero attached hydrogens (tertiary/aromatic N) is 1. The number of carbonyl (C=O) groups excluding carboxylic acids is 2. The van der Waals surface area contributed by atoms with Crippen LogP contribution in [0.3, 0.4) is 0 Å². The molecule has 0 saturated heterocycles. The third-order valence-corrected chi connectivity index (χ3v) is 3.43. The minimum Gasteiger partial charge on any atom is -0.344 e. The Morgan fingerprint density at radius 3 is 2.25 bits per heavy atom. The van der Waals surface area contributed by atoms with Gasteiger partial charge in [0.05, 0.1) is 0 Å². The number of likely N-dealkylation sites (N-methyl/N-ethyl adjacent to an activating group) is 1. The zero-order valence-corrected chi connectivity index (χ0v) is 13.1. The molecule has 0 aromatic heterocycles. The highest BCUT2D eigenvalue weighted by atomic mass is 35.5. The van der Waals surface area contributed by atoms with E-state index in [1.807, 2.05) is 20.8 Å². The summed E-state index contributed by atoms with van der Waals surface area (Å²) in [6, 6.07) is 6.07. The fourth-order valence-corrected chi connectivity index (χ4v) is 1.86. The highest BCUT2D eigenvalue weighted by molar-refractivity contribution is 6.30. The average Bonchev–Trinajstić information content (AvgIpc) is 2.43. The van der Waals surface area contributed by atoms with Gasteiger partial charge in [0, 0.05) is 24.2 Å². The molecule has 1 aromatic rings. The van der Waals surface area contributed by atoms with Crippen LogP contribution in [0.1, 0.15) is 31.1 Å². The van der Waals surface area contributed by atoms with Crippen molar-refractivity contribution in [1.29, 1.82) is 0 Å². The molecule has 1 rings (SSSR count). The summed E-state index contributed by atoms with van der Waals surface area (Å²) in [4.78, 5) is 26.0. The van der Waals surface area contributed by atoms with Crippen molar-refractivity contribution >= 4 is 23.4 Å². The van der Waals surface area contributed by atoms with E-state index < -0.39 is 6.04 Å². The summed E-state index contributed by atoms with van der Waals surface area (Å²) in [6.45, 7) is 6.33. The number of amides is 2. The number of carbonyl (C=O) groups is 2. The SMILES string of the molecule is CCN(C)C(=O)C(NC(=O)c1ccc(Cl)cc1)C(C)C. The molecule has 2 amide bonds. The van der Waals surface area contributed by atoms with Crippen LogP contribution in [0, 0.1) is 5.92 Å². The summed E-state index contributed by atoms with van der Waals surface area (Å²) in [5, 5.41) is 3.37. The van der Waals surface area contributed by atoms with Gasteiger partial charge in [0.1, 0.15) is 6.04 Å². The molecule has 0 saturated carbocycles. The lowest BCUT2D eigenvalue weighted by atomic mass is 10.0. The highest BCUT2D eigenvalue weighted by Crippen LogP contribution is 2.11. The maximum atomic E-state index is 12.2. The summed E-state index contributed by atoms with van der Waals surface area (Å²) < 4.78 is 0. The minimum absolute atomic E-state index is 0.0211. The van der Waals surface area contributed by atoms with E-state index in [0.717, 1.165) is 0 Å². The molecule has 0 spiro atoms. The van der Waals surface area contributed by atoms with Crippen LogP contribution >= 0.6 is 11.6 Å². The number of hydrogen-bond donors (Lipinski definition) is 1. The molecule has 1 atom stereocenters. The molecule has 20 heavy (non-hydrogen) atoms. The Hall–Kier alpha value is -1.55. The summed E-state index contributed by atoms with van der Waals surface area (Å²) in [5.74, 6) is -0.323. The van der Waals surface area contributed by atoms with Crippen molar-refractivity contribution in [1.82, 2.24) is 10.2 Å². The lowest BCUT2D eigenvalue weighted by Crippen LogP contribution is -2.50. The third kappa shape index (κ3) is 4.23. The lowest BCUT2D eigenvalue weighted by molar-refractivity contribution is -0.132. The van der Waals surface area contributed by atoms with E-state index in [9.17, 15) is 9.59 Å². The normalized spacial score (nSPS) is 12.1. The molecule has 5 heteroatoms. The second kappa shape index (κ2) is 7.29. The van der Waals surface area contributed by atoms with Gasteiger partial charge < -0.3 is 10.2 Å². The van der Waals surface area contributed by atoms with Crippen LogP contribution in [-0.4, -0.2) is 36.3 Å². The Balaban J connectivity index is 2.83. The van der Waals surface area contributed by atoms with Crippen molar-refractivity contribution in [2.45, 2.75) is 26.8 Å². The predicted molar refractivity (Wildman–Crippen MR) is 80.9 cm³/mol. The second-order valence-corrected chi connectivity index (χ2v) is 5.49. The minimum atomic E-state index is -0.525. The molecular weight excluding hydrogens is 276 g/mol. The number of benzene rings is 1. The number of rotatable bonds is 5. The van der Waals surface area contributed by atoms with E-state index in [4.69, 9.17) is 11.6 Å². The first-order valence-corrected chi connectivity index (χ1v) is 7.06. The van der Waals surface area contributed by atoms with Crippen LogP contribution in [0.15, 0.2) is 24.3 Å². The first-order chi connectivity index (χ1) is 9.36. The zero-order valence-electron chi connectivity index (χ0n) is 12.3. The van der Waals surface area contributed by atoms with Crippen molar-refractivity contribution in [2.24, 2.45) is 5.92 Å². The van der Waals surface area contributed by atoms with Gasteiger partial charge in [0.25, 0.3) is 5.91 Å². The van der Waals surface area contributed by atoms with E-state index in [0.29, 0.717) is 17.1 Å². The maximum absolute atomic E-state index is 12.2. The van der Waals surface area contributed by atoms with E-state index >= 15 is 0 Å². The molecule has 4 nitrogen and oxygen atoms in total. The predicted octanol–water partition coefficient (Wildman–Crippen LogP) is 2.57. The van der Waals surface area contributed by atoms with Gasteiger partial charge in [-0.2, -0.15) is 0 Å². The number of hydrogen-bond acceptors (Lipinski definition) is 2. The molecule has 0 aliphatic heterocycles. The molecule has 0 bridgehead atoms. The molecule has 0 fully saturated rings. The lowest BCUT2D eigenvalue weighted by Gasteiger charge is -2.26. The van der Waals surface area contributed by atoms with Gasteiger partial charge in [-0.15, -0.1) is 0 Å². The number of halogens is 1. The first-order valence-electron chi connectivity index (χ1n) is 6.68. The summed E-state index contributed by atoms with van der Waals surface area (Å²) in [7, 11) is 1.73. The van der Waals surface area contributed by atoms with Crippen LogP contribution in [0.25, 0.3) is 0 Å². The van der Waals surface area contributed by atoms with Gasteiger partial charge >= 0.3 is 0 Å². The van der Waals surface area contributed by atoms with E-state index in [1.54, 1.807) is 36.2 Å². The Bertz CT molecular complexity index is 471. The Morgan fingerprint density at radius 1 is 1.25 bits per heavy atom. The van der Waals surface area contributed by atoms with Gasteiger partial charge in [-0.25, -0.2) is 0 Å². The monoisotopic (exact) mass is 296 g/mol. The van der Waals surface area contributed by atoms with E-state index in [1.165, 1.54) is 0 Å². The van der Waals surface area contributed by atoms with Gasteiger partial charge in [-0.05, 0) is 37.1 Å².